The molecule has 2 saturated heterocycles. The van der Waals surface area contributed by atoms with Gasteiger partial charge in [-0.15, -0.1) is 0 Å². The number of aliphatic hydroxyl groups is 2. The topological polar surface area (TPSA) is 74.6 Å². The number of ether oxygens (including phenoxy) is 3. The van der Waals surface area contributed by atoms with Crippen molar-refractivity contribution in [1.29, 1.82) is 0 Å². The predicted octanol–water partition coefficient (Wildman–Crippen LogP) is 1.36. The third-order valence-corrected chi connectivity index (χ3v) is 5.91. The number of morpholine rings is 1. The van der Waals surface area contributed by atoms with Crippen LogP contribution in [-0.4, -0.2) is 92.4 Å². The molecule has 164 valence electrons. The highest BCUT2D eigenvalue weighted by molar-refractivity contribution is 5.46. The van der Waals surface area contributed by atoms with Crippen LogP contribution in [0.2, 0.25) is 0 Å². The molecule has 0 aliphatic carbocycles. The standard InChI is InChI=1S/C22H36N2O5/c1-27-21-4-2-3-19(15-23-8-5-18(6-9-23)7-12-25)22(21)29-17-20(26)16-24-10-13-28-14-11-24/h2-4,18,20,25-26H,5-17H2,1H3. The monoisotopic (exact) mass is 408 g/mol. The van der Waals surface area contributed by atoms with E-state index < -0.39 is 6.10 Å². The summed E-state index contributed by atoms with van der Waals surface area (Å²) in [7, 11) is 1.65. The minimum atomic E-state index is -0.555. The summed E-state index contributed by atoms with van der Waals surface area (Å²) in [6, 6.07) is 5.97. The van der Waals surface area contributed by atoms with E-state index in [-0.39, 0.29) is 13.2 Å². The number of nitrogens with zero attached hydrogens (tertiary/aromatic N) is 2. The van der Waals surface area contributed by atoms with Gasteiger partial charge in [0.2, 0.25) is 0 Å². The van der Waals surface area contributed by atoms with Gasteiger partial charge in [-0.3, -0.25) is 9.80 Å². The first-order valence-electron chi connectivity index (χ1n) is 10.8. The van der Waals surface area contributed by atoms with E-state index in [1.165, 1.54) is 0 Å². The minimum Gasteiger partial charge on any atom is -0.493 e. The summed E-state index contributed by atoms with van der Waals surface area (Å²) in [4.78, 5) is 4.64. The lowest BCUT2D eigenvalue weighted by molar-refractivity contribution is 0.00428. The third-order valence-electron chi connectivity index (χ3n) is 5.91. The average molecular weight is 409 g/mol. The number of methoxy groups -OCH3 is 1. The maximum Gasteiger partial charge on any atom is 0.165 e. The lowest BCUT2D eigenvalue weighted by atomic mass is 9.93. The van der Waals surface area contributed by atoms with E-state index in [4.69, 9.17) is 19.3 Å². The van der Waals surface area contributed by atoms with Crippen LogP contribution < -0.4 is 9.47 Å². The molecule has 0 radical (unpaired) electrons. The first-order valence-corrected chi connectivity index (χ1v) is 10.8. The third kappa shape index (κ3) is 6.83. The summed E-state index contributed by atoms with van der Waals surface area (Å²) < 4.78 is 17.0. The highest BCUT2D eigenvalue weighted by Gasteiger charge is 2.22. The van der Waals surface area contributed by atoms with Crippen LogP contribution >= 0.6 is 0 Å². The molecule has 2 heterocycles. The van der Waals surface area contributed by atoms with E-state index >= 15 is 0 Å². The number of aliphatic hydroxyl groups excluding tert-OH is 2. The summed E-state index contributed by atoms with van der Waals surface area (Å²) in [5, 5.41) is 19.6. The van der Waals surface area contributed by atoms with Crippen molar-refractivity contribution in [2.75, 3.05) is 66.3 Å². The van der Waals surface area contributed by atoms with Gasteiger partial charge in [0.05, 0.1) is 20.3 Å². The van der Waals surface area contributed by atoms with Gasteiger partial charge in [0, 0.05) is 38.3 Å². The van der Waals surface area contributed by atoms with E-state index in [2.05, 4.69) is 15.9 Å². The van der Waals surface area contributed by atoms with Crippen LogP contribution in [-0.2, 0) is 11.3 Å². The first kappa shape index (κ1) is 22.3. The molecule has 0 aromatic heterocycles. The van der Waals surface area contributed by atoms with Crippen molar-refractivity contribution in [3.63, 3.8) is 0 Å². The van der Waals surface area contributed by atoms with Gasteiger partial charge in [-0.1, -0.05) is 12.1 Å². The Hall–Kier alpha value is -1.38. The lowest BCUT2D eigenvalue weighted by Gasteiger charge is -2.32. The average Bonchev–Trinajstić information content (AvgIpc) is 2.75. The van der Waals surface area contributed by atoms with Crippen LogP contribution in [0.4, 0.5) is 0 Å². The quantitative estimate of drug-likeness (QED) is 0.606. The molecule has 7 heteroatoms. The first-order chi connectivity index (χ1) is 14.2. The van der Waals surface area contributed by atoms with Gasteiger partial charge in [0.15, 0.2) is 11.5 Å². The van der Waals surface area contributed by atoms with Crippen LogP contribution in [0.25, 0.3) is 0 Å². The molecule has 2 aliphatic heterocycles. The fraction of sp³-hybridized carbons (Fsp3) is 0.727. The molecule has 1 atom stereocenters. The van der Waals surface area contributed by atoms with Crippen LogP contribution in [0.1, 0.15) is 24.8 Å². The fourth-order valence-electron chi connectivity index (χ4n) is 4.18. The number of para-hydroxylation sites is 1. The molecule has 1 aromatic rings. The highest BCUT2D eigenvalue weighted by Crippen LogP contribution is 2.33. The van der Waals surface area contributed by atoms with Crippen LogP contribution in [0.3, 0.4) is 0 Å². The van der Waals surface area contributed by atoms with Gasteiger partial charge < -0.3 is 24.4 Å². The molecule has 0 amide bonds. The molecule has 2 N–H and O–H groups in total. The van der Waals surface area contributed by atoms with E-state index in [0.29, 0.717) is 18.2 Å². The number of likely N-dealkylation sites (tertiary alicyclic amines) is 1. The summed E-state index contributed by atoms with van der Waals surface area (Å²) in [5.41, 5.74) is 1.09. The van der Waals surface area contributed by atoms with Gasteiger partial charge in [-0.2, -0.15) is 0 Å². The van der Waals surface area contributed by atoms with Gasteiger partial charge in [0.25, 0.3) is 0 Å². The van der Waals surface area contributed by atoms with Crippen molar-refractivity contribution in [1.82, 2.24) is 9.80 Å². The Morgan fingerprint density at radius 3 is 2.59 bits per heavy atom. The zero-order chi connectivity index (χ0) is 20.5. The van der Waals surface area contributed by atoms with Gasteiger partial charge in [-0.25, -0.2) is 0 Å². The summed E-state index contributed by atoms with van der Waals surface area (Å²) in [5.74, 6) is 2.07. The van der Waals surface area contributed by atoms with Crippen molar-refractivity contribution in [2.24, 2.45) is 5.92 Å². The molecule has 0 spiro atoms. The molecule has 1 unspecified atom stereocenters. The van der Waals surface area contributed by atoms with Crippen molar-refractivity contribution in [2.45, 2.75) is 31.9 Å². The van der Waals surface area contributed by atoms with Crippen molar-refractivity contribution in [3.05, 3.63) is 23.8 Å². The number of hydrogen-bond donors (Lipinski definition) is 2. The van der Waals surface area contributed by atoms with E-state index in [1.54, 1.807) is 7.11 Å². The molecular weight excluding hydrogens is 372 g/mol. The Morgan fingerprint density at radius 2 is 1.90 bits per heavy atom. The molecule has 1 aromatic carbocycles. The maximum absolute atomic E-state index is 10.4. The van der Waals surface area contributed by atoms with Gasteiger partial charge >= 0.3 is 0 Å². The lowest BCUT2D eigenvalue weighted by Crippen LogP contribution is -2.42. The second-order valence-electron chi connectivity index (χ2n) is 8.06. The van der Waals surface area contributed by atoms with Crippen LogP contribution in [0.15, 0.2) is 18.2 Å². The van der Waals surface area contributed by atoms with Crippen molar-refractivity contribution >= 4 is 0 Å². The zero-order valence-corrected chi connectivity index (χ0v) is 17.6. The molecular formula is C22H36N2O5. The normalized spacial score (nSPS) is 20.5. The van der Waals surface area contributed by atoms with Gasteiger partial charge in [-0.05, 0) is 44.3 Å². The molecule has 2 fully saturated rings. The largest absolute Gasteiger partial charge is 0.493 e. The molecule has 3 rings (SSSR count). The Morgan fingerprint density at radius 1 is 1.14 bits per heavy atom. The number of piperidine rings is 1. The van der Waals surface area contributed by atoms with Crippen LogP contribution in [0, 0.1) is 5.92 Å². The summed E-state index contributed by atoms with van der Waals surface area (Å²) in [6.07, 6.45) is 2.60. The Labute approximate surface area is 174 Å². The number of benzene rings is 1. The predicted molar refractivity (Wildman–Crippen MR) is 111 cm³/mol. The number of rotatable bonds is 10. The second-order valence-corrected chi connectivity index (χ2v) is 8.06. The molecule has 2 aliphatic rings. The Balaban J connectivity index is 1.56. The Bertz CT molecular complexity index is 601. The second kappa shape index (κ2) is 11.7. The molecule has 0 saturated carbocycles. The highest BCUT2D eigenvalue weighted by atomic mass is 16.5. The Kier molecular flexibility index (Phi) is 9.01. The van der Waals surface area contributed by atoms with Crippen molar-refractivity contribution in [3.8, 4) is 11.5 Å². The molecule has 0 bridgehead atoms. The molecule has 29 heavy (non-hydrogen) atoms. The fourth-order valence-corrected chi connectivity index (χ4v) is 4.18. The van der Waals surface area contributed by atoms with E-state index in [0.717, 1.165) is 76.5 Å². The molecule has 7 nitrogen and oxygen atoms in total. The summed E-state index contributed by atoms with van der Waals surface area (Å²) in [6.45, 7) is 7.12. The minimum absolute atomic E-state index is 0.239. The zero-order valence-electron chi connectivity index (χ0n) is 17.6. The van der Waals surface area contributed by atoms with Crippen molar-refractivity contribution < 1.29 is 24.4 Å². The van der Waals surface area contributed by atoms with Gasteiger partial charge in [0.1, 0.15) is 12.7 Å². The van der Waals surface area contributed by atoms with E-state index in [1.807, 2.05) is 12.1 Å². The SMILES string of the molecule is COc1cccc(CN2CCC(CCO)CC2)c1OCC(O)CN1CCOCC1. The van der Waals surface area contributed by atoms with Crippen LogP contribution in [0.5, 0.6) is 11.5 Å². The summed E-state index contributed by atoms with van der Waals surface area (Å²) >= 11 is 0. The van der Waals surface area contributed by atoms with E-state index in [9.17, 15) is 5.11 Å². The maximum atomic E-state index is 10.4. The number of β-amino-alcohol motifs (C(OH)–C–C–N with tert-alkyl or cyclic N) is 1. The number of hydrogen-bond acceptors (Lipinski definition) is 7. The smallest absolute Gasteiger partial charge is 0.165 e.